The lowest BCUT2D eigenvalue weighted by Gasteiger charge is -2.12. The first-order valence-electron chi connectivity index (χ1n) is 12.8. The molecule has 6 nitrogen and oxygen atoms in total. The lowest BCUT2D eigenvalue weighted by atomic mass is 10.1. The molecule has 0 aliphatic rings. The van der Waals surface area contributed by atoms with Crippen LogP contribution in [0, 0.1) is 0 Å². The van der Waals surface area contributed by atoms with Gasteiger partial charge in [-0.25, -0.2) is 4.98 Å². The standard InChI is InChI=1S/C32H31N3O3/c1-37-29-14-8-9-15-30(29)38-23-31-34-27-22-26(32(36)33-20-18-24-10-4-2-5-11-24)16-17-28(27)35(31)21-19-25-12-6-3-7-13-25/h2-17,22H,18-21,23H2,1H3,(H,33,36). The van der Waals surface area contributed by atoms with E-state index in [0.29, 0.717) is 23.6 Å². The van der Waals surface area contributed by atoms with Crippen LogP contribution in [0.4, 0.5) is 0 Å². The first kappa shape index (κ1) is 25.1. The highest BCUT2D eigenvalue weighted by molar-refractivity contribution is 5.97. The van der Waals surface area contributed by atoms with Crippen molar-refractivity contribution >= 4 is 16.9 Å². The molecule has 0 atom stereocenters. The number of nitrogens with one attached hydrogen (secondary N) is 1. The second kappa shape index (κ2) is 12.1. The number of fused-ring (bicyclic) bond motifs is 1. The number of para-hydroxylation sites is 2. The number of aryl methyl sites for hydroxylation is 2. The molecule has 0 saturated heterocycles. The quantitative estimate of drug-likeness (QED) is 0.245. The number of carbonyl (C=O) groups is 1. The third-order valence-corrected chi connectivity index (χ3v) is 6.52. The van der Waals surface area contributed by atoms with Gasteiger partial charge in [0.1, 0.15) is 12.4 Å². The summed E-state index contributed by atoms with van der Waals surface area (Å²) in [4.78, 5) is 17.8. The molecule has 0 radical (unpaired) electrons. The summed E-state index contributed by atoms with van der Waals surface area (Å²) >= 11 is 0. The van der Waals surface area contributed by atoms with Crippen molar-refractivity contribution in [3.8, 4) is 11.5 Å². The van der Waals surface area contributed by atoms with Crippen LogP contribution in [-0.4, -0.2) is 29.1 Å². The van der Waals surface area contributed by atoms with Crippen molar-refractivity contribution < 1.29 is 14.3 Å². The van der Waals surface area contributed by atoms with Gasteiger partial charge in [-0.3, -0.25) is 4.79 Å². The number of imidazole rings is 1. The average Bonchev–Trinajstić information content (AvgIpc) is 3.32. The van der Waals surface area contributed by atoms with Crippen LogP contribution in [0.15, 0.2) is 103 Å². The molecule has 0 fully saturated rings. The predicted molar refractivity (Wildman–Crippen MR) is 150 cm³/mol. The summed E-state index contributed by atoms with van der Waals surface area (Å²) < 4.78 is 13.7. The summed E-state index contributed by atoms with van der Waals surface area (Å²) in [7, 11) is 1.63. The Morgan fingerprint density at radius 2 is 1.47 bits per heavy atom. The Labute approximate surface area is 222 Å². The molecule has 0 bridgehead atoms. The summed E-state index contributed by atoms with van der Waals surface area (Å²) in [5, 5.41) is 3.03. The molecule has 1 N–H and O–H groups in total. The normalized spacial score (nSPS) is 10.9. The number of benzene rings is 4. The third-order valence-electron chi connectivity index (χ3n) is 6.52. The van der Waals surface area contributed by atoms with Gasteiger partial charge >= 0.3 is 0 Å². The molecule has 0 saturated carbocycles. The number of amides is 1. The van der Waals surface area contributed by atoms with E-state index in [-0.39, 0.29) is 12.5 Å². The molecule has 1 heterocycles. The van der Waals surface area contributed by atoms with E-state index >= 15 is 0 Å². The highest BCUT2D eigenvalue weighted by Crippen LogP contribution is 2.27. The van der Waals surface area contributed by atoms with E-state index in [2.05, 4.69) is 46.3 Å². The Morgan fingerprint density at radius 3 is 2.18 bits per heavy atom. The molecule has 6 heteroatoms. The number of carbonyl (C=O) groups excluding carboxylic acids is 1. The monoisotopic (exact) mass is 505 g/mol. The number of ether oxygens (including phenoxy) is 2. The number of aromatic nitrogens is 2. The summed E-state index contributed by atoms with van der Waals surface area (Å²) in [5.41, 5.74) is 4.78. The zero-order chi connectivity index (χ0) is 26.2. The van der Waals surface area contributed by atoms with Gasteiger partial charge in [-0.1, -0.05) is 72.8 Å². The molecule has 0 aliphatic carbocycles. The van der Waals surface area contributed by atoms with Crippen molar-refractivity contribution in [3.05, 3.63) is 126 Å². The predicted octanol–water partition coefficient (Wildman–Crippen LogP) is 5.84. The Kier molecular flexibility index (Phi) is 7.99. The molecule has 4 aromatic carbocycles. The van der Waals surface area contributed by atoms with Gasteiger partial charge in [0.25, 0.3) is 5.91 Å². The summed E-state index contributed by atoms with van der Waals surface area (Å²) in [6, 6.07) is 33.8. The smallest absolute Gasteiger partial charge is 0.251 e. The number of rotatable bonds is 11. The van der Waals surface area contributed by atoms with Crippen molar-refractivity contribution in [1.82, 2.24) is 14.9 Å². The topological polar surface area (TPSA) is 65.4 Å². The highest BCUT2D eigenvalue weighted by Gasteiger charge is 2.15. The molecular formula is C32H31N3O3. The van der Waals surface area contributed by atoms with Crippen LogP contribution in [0.3, 0.4) is 0 Å². The zero-order valence-corrected chi connectivity index (χ0v) is 21.5. The zero-order valence-electron chi connectivity index (χ0n) is 21.5. The van der Waals surface area contributed by atoms with Crippen LogP contribution in [0.25, 0.3) is 11.0 Å². The SMILES string of the molecule is COc1ccccc1OCc1nc2cc(C(=O)NCCc3ccccc3)ccc2n1CCc1ccccc1. The van der Waals surface area contributed by atoms with Crippen molar-refractivity contribution in [1.29, 1.82) is 0 Å². The van der Waals surface area contributed by atoms with Gasteiger partial charge in [0.2, 0.25) is 0 Å². The second-order valence-corrected chi connectivity index (χ2v) is 9.05. The number of hydrogen-bond acceptors (Lipinski definition) is 4. The first-order valence-corrected chi connectivity index (χ1v) is 12.8. The Balaban J connectivity index is 1.36. The summed E-state index contributed by atoms with van der Waals surface area (Å²) in [5.74, 6) is 2.03. The molecule has 0 aliphatic heterocycles. The van der Waals surface area contributed by atoms with Crippen LogP contribution < -0.4 is 14.8 Å². The van der Waals surface area contributed by atoms with E-state index in [9.17, 15) is 4.79 Å². The number of methoxy groups -OCH3 is 1. The maximum Gasteiger partial charge on any atom is 0.251 e. The van der Waals surface area contributed by atoms with E-state index in [0.717, 1.165) is 36.2 Å². The molecule has 38 heavy (non-hydrogen) atoms. The molecule has 5 aromatic rings. The number of nitrogens with zero attached hydrogens (tertiary/aromatic N) is 2. The molecule has 0 spiro atoms. The molecule has 1 aromatic heterocycles. The molecule has 192 valence electrons. The fourth-order valence-corrected chi connectivity index (χ4v) is 4.51. The molecule has 0 unspecified atom stereocenters. The fourth-order valence-electron chi connectivity index (χ4n) is 4.51. The van der Waals surface area contributed by atoms with Crippen molar-refractivity contribution in [2.24, 2.45) is 0 Å². The van der Waals surface area contributed by atoms with Gasteiger partial charge in [-0.05, 0) is 54.3 Å². The first-order chi connectivity index (χ1) is 18.7. The minimum atomic E-state index is -0.103. The average molecular weight is 506 g/mol. The van der Waals surface area contributed by atoms with E-state index < -0.39 is 0 Å². The fraction of sp³-hybridized carbons (Fsp3) is 0.188. The summed E-state index contributed by atoms with van der Waals surface area (Å²) in [6.45, 7) is 1.60. The number of hydrogen-bond donors (Lipinski definition) is 1. The largest absolute Gasteiger partial charge is 0.493 e. The lowest BCUT2D eigenvalue weighted by Crippen LogP contribution is -2.25. The Hall–Kier alpha value is -4.58. The maximum atomic E-state index is 12.9. The van der Waals surface area contributed by atoms with Crippen molar-refractivity contribution in [2.45, 2.75) is 26.0 Å². The molecule has 5 rings (SSSR count). The highest BCUT2D eigenvalue weighted by atomic mass is 16.5. The van der Waals surface area contributed by atoms with E-state index in [1.165, 1.54) is 11.1 Å². The second-order valence-electron chi connectivity index (χ2n) is 9.05. The third kappa shape index (κ3) is 6.03. The van der Waals surface area contributed by atoms with Crippen LogP contribution in [0.2, 0.25) is 0 Å². The lowest BCUT2D eigenvalue weighted by molar-refractivity contribution is 0.0954. The van der Waals surface area contributed by atoms with E-state index in [4.69, 9.17) is 14.5 Å². The van der Waals surface area contributed by atoms with E-state index in [1.54, 1.807) is 7.11 Å². The van der Waals surface area contributed by atoms with Gasteiger partial charge in [0.05, 0.1) is 18.1 Å². The van der Waals surface area contributed by atoms with Crippen molar-refractivity contribution in [2.75, 3.05) is 13.7 Å². The van der Waals surface area contributed by atoms with Gasteiger partial charge in [-0.15, -0.1) is 0 Å². The van der Waals surface area contributed by atoms with Crippen LogP contribution in [0.1, 0.15) is 27.3 Å². The van der Waals surface area contributed by atoms with Crippen molar-refractivity contribution in [3.63, 3.8) is 0 Å². The van der Waals surface area contributed by atoms with Crippen LogP contribution >= 0.6 is 0 Å². The van der Waals surface area contributed by atoms with E-state index in [1.807, 2.05) is 66.7 Å². The van der Waals surface area contributed by atoms with Gasteiger partial charge in [-0.2, -0.15) is 0 Å². The Morgan fingerprint density at radius 1 is 0.816 bits per heavy atom. The van der Waals surface area contributed by atoms with Crippen LogP contribution in [0.5, 0.6) is 11.5 Å². The molecule has 1 amide bonds. The Bertz CT molecular complexity index is 1500. The van der Waals surface area contributed by atoms with Gasteiger partial charge < -0.3 is 19.4 Å². The maximum absolute atomic E-state index is 12.9. The van der Waals surface area contributed by atoms with Gasteiger partial charge in [0.15, 0.2) is 11.5 Å². The minimum absolute atomic E-state index is 0.103. The molecular weight excluding hydrogens is 474 g/mol. The minimum Gasteiger partial charge on any atom is -0.493 e. The van der Waals surface area contributed by atoms with Crippen LogP contribution in [-0.2, 0) is 26.0 Å². The van der Waals surface area contributed by atoms with Gasteiger partial charge in [0, 0.05) is 18.7 Å². The summed E-state index contributed by atoms with van der Waals surface area (Å²) in [6.07, 6.45) is 1.64.